The summed E-state index contributed by atoms with van der Waals surface area (Å²) < 4.78 is 0. The van der Waals surface area contributed by atoms with Crippen LogP contribution in [0.4, 0.5) is 10.6 Å². The van der Waals surface area contributed by atoms with Gasteiger partial charge in [-0.2, -0.15) is 0 Å². The minimum atomic E-state index is -0.813. The number of aromatic amines is 1. The number of aromatic nitrogens is 1. The number of anilines is 1. The van der Waals surface area contributed by atoms with E-state index in [0.717, 1.165) is 0 Å². The highest BCUT2D eigenvalue weighted by molar-refractivity contribution is 6.03. The summed E-state index contributed by atoms with van der Waals surface area (Å²) in [6.07, 6.45) is 0. The molecule has 19 heavy (non-hydrogen) atoms. The van der Waals surface area contributed by atoms with Gasteiger partial charge in [0.05, 0.1) is 5.56 Å². The van der Waals surface area contributed by atoms with E-state index in [1.165, 1.54) is 18.2 Å². The molecule has 1 aromatic carbocycles. The van der Waals surface area contributed by atoms with Gasteiger partial charge in [0.2, 0.25) is 0 Å². The van der Waals surface area contributed by atoms with Crippen LogP contribution in [0.3, 0.4) is 0 Å². The molecule has 7 heteroatoms. The van der Waals surface area contributed by atoms with Crippen molar-refractivity contribution in [2.75, 3.05) is 5.32 Å². The SMILES string of the molecule is NC(=O)Nc1[nH]c(-c2cccc(O)c2)cc1C(N)=O. The molecule has 0 aliphatic carbocycles. The molecule has 1 aromatic heterocycles. The number of phenolic OH excluding ortho intramolecular Hbond substituents is 1. The summed E-state index contributed by atoms with van der Waals surface area (Å²) in [5, 5.41) is 11.7. The van der Waals surface area contributed by atoms with Crippen LogP contribution in [-0.2, 0) is 0 Å². The molecule has 0 aliphatic rings. The van der Waals surface area contributed by atoms with Crippen molar-refractivity contribution in [3.05, 3.63) is 35.9 Å². The number of primary amides is 2. The molecular formula is C12H12N4O3. The van der Waals surface area contributed by atoms with Gasteiger partial charge in [-0.3, -0.25) is 10.1 Å². The molecule has 0 saturated carbocycles. The Bertz CT molecular complexity index is 648. The van der Waals surface area contributed by atoms with E-state index < -0.39 is 11.9 Å². The lowest BCUT2D eigenvalue weighted by atomic mass is 10.1. The van der Waals surface area contributed by atoms with Crippen LogP contribution in [-0.4, -0.2) is 22.0 Å². The third-order valence-electron chi connectivity index (χ3n) is 2.49. The first-order valence-electron chi connectivity index (χ1n) is 5.36. The summed E-state index contributed by atoms with van der Waals surface area (Å²) in [6, 6.07) is 7.06. The number of hydrogen-bond acceptors (Lipinski definition) is 3. The number of aromatic hydroxyl groups is 1. The van der Waals surface area contributed by atoms with Gasteiger partial charge in [-0.05, 0) is 18.2 Å². The molecule has 7 nitrogen and oxygen atoms in total. The van der Waals surface area contributed by atoms with Crippen LogP contribution in [0.1, 0.15) is 10.4 Å². The van der Waals surface area contributed by atoms with Crippen molar-refractivity contribution in [3.63, 3.8) is 0 Å². The summed E-state index contributed by atoms with van der Waals surface area (Å²) in [6.45, 7) is 0. The summed E-state index contributed by atoms with van der Waals surface area (Å²) in [5.74, 6) is -0.498. The van der Waals surface area contributed by atoms with E-state index in [1.54, 1.807) is 12.1 Å². The van der Waals surface area contributed by atoms with Crippen LogP contribution in [0.2, 0.25) is 0 Å². The highest BCUT2D eigenvalue weighted by Crippen LogP contribution is 2.27. The van der Waals surface area contributed by atoms with E-state index in [2.05, 4.69) is 10.3 Å². The second-order valence-corrected chi connectivity index (χ2v) is 3.88. The molecule has 3 amide bonds. The predicted octanol–water partition coefficient (Wildman–Crippen LogP) is 0.977. The van der Waals surface area contributed by atoms with Gasteiger partial charge in [0, 0.05) is 11.3 Å². The maximum Gasteiger partial charge on any atom is 0.317 e. The van der Waals surface area contributed by atoms with Crippen LogP contribution >= 0.6 is 0 Å². The van der Waals surface area contributed by atoms with Gasteiger partial charge in [-0.15, -0.1) is 0 Å². The number of carbonyl (C=O) groups is 2. The van der Waals surface area contributed by atoms with Crippen LogP contribution in [0, 0.1) is 0 Å². The summed E-state index contributed by atoms with van der Waals surface area (Å²) in [5.41, 5.74) is 11.5. The number of amides is 3. The number of H-pyrrole nitrogens is 1. The number of carbonyl (C=O) groups excluding carboxylic acids is 2. The highest BCUT2D eigenvalue weighted by Gasteiger charge is 2.15. The van der Waals surface area contributed by atoms with Gasteiger partial charge in [0.25, 0.3) is 5.91 Å². The average molecular weight is 260 g/mol. The maximum absolute atomic E-state index is 11.3. The van der Waals surface area contributed by atoms with Crippen molar-refractivity contribution < 1.29 is 14.7 Å². The minimum Gasteiger partial charge on any atom is -0.508 e. The second-order valence-electron chi connectivity index (χ2n) is 3.88. The van der Waals surface area contributed by atoms with Gasteiger partial charge in [0.15, 0.2) is 0 Å². The van der Waals surface area contributed by atoms with Crippen LogP contribution < -0.4 is 16.8 Å². The standard InChI is InChI=1S/C12H12N4O3/c13-10(18)8-5-9(15-11(8)16-12(14)19)6-2-1-3-7(17)4-6/h1-5,15,17H,(H2,13,18)(H3,14,16,19). The van der Waals surface area contributed by atoms with Gasteiger partial charge in [0.1, 0.15) is 11.6 Å². The molecule has 0 fully saturated rings. The Kier molecular flexibility index (Phi) is 3.11. The molecule has 0 saturated heterocycles. The summed E-state index contributed by atoms with van der Waals surface area (Å²) in [7, 11) is 0. The average Bonchev–Trinajstić information content (AvgIpc) is 2.72. The molecule has 2 aromatic rings. The van der Waals surface area contributed by atoms with Crippen molar-refractivity contribution in [1.82, 2.24) is 4.98 Å². The number of phenols is 1. The first-order chi connectivity index (χ1) is 8.97. The Labute approximate surface area is 108 Å². The smallest absolute Gasteiger partial charge is 0.317 e. The van der Waals surface area contributed by atoms with Gasteiger partial charge in [-0.1, -0.05) is 12.1 Å². The van der Waals surface area contributed by atoms with Crippen molar-refractivity contribution in [1.29, 1.82) is 0 Å². The molecule has 7 N–H and O–H groups in total. The van der Waals surface area contributed by atoms with Crippen molar-refractivity contribution in [3.8, 4) is 17.0 Å². The van der Waals surface area contributed by atoms with Crippen LogP contribution in [0.5, 0.6) is 5.75 Å². The van der Waals surface area contributed by atoms with Crippen molar-refractivity contribution >= 4 is 17.8 Å². The topological polar surface area (TPSA) is 134 Å². The quantitative estimate of drug-likeness (QED) is 0.562. The fourth-order valence-electron chi connectivity index (χ4n) is 1.70. The van der Waals surface area contributed by atoms with Gasteiger partial charge >= 0.3 is 6.03 Å². The molecule has 1 heterocycles. The molecule has 98 valence electrons. The third kappa shape index (κ3) is 2.65. The number of nitrogens with one attached hydrogen (secondary N) is 2. The number of benzene rings is 1. The van der Waals surface area contributed by atoms with Gasteiger partial charge < -0.3 is 21.6 Å². The number of urea groups is 1. The first-order valence-corrected chi connectivity index (χ1v) is 5.36. The molecule has 2 rings (SSSR count). The first kappa shape index (κ1) is 12.5. The molecule has 0 radical (unpaired) electrons. The lowest BCUT2D eigenvalue weighted by molar-refractivity contribution is 0.100. The van der Waals surface area contributed by atoms with Crippen molar-refractivity contribution in [2.24, 2.45) is 11.5 Å². The molecule has 0 bridgehead atoms. The van der Waals surface area contributed by atoms with E-state index >= 15 is 0 Å². The van der Waals surface area contributed by atoms with E-state index in [4.69, 9.17) is 11.5 Å². The Morgan fingerprint density at radius 1 is 1.21 bits per heavy atom. The van der Waals surface area contributed by atoms with Gasteiger partial charge in [-0.25, -0.2) is 4.79 Å². The maximum atomic E-state index is 11.3. The predicted molar refractivity (Wildman–Crippen MR) is 69.6 cm³/mol. The van der Waals surface area contributed by atoms with Crippen molar-refractivity contribution in [2.45, 2.75) is 0 Å². The van der Waals surface area contributed by atoms with Crippen LogP contribution in [0.15, 0.2) is 30.3 Å². The fourth-order valence-corrected chi connectivity index (χ4v) is 1.70. The molecular weight excluding hydrogens is 248 g/mol. The highest BCUT2D eigenvalue weighted by atomic mass is 16.3. The second kappa shape index (κ2) is 4.73. The molecule has 0 spiro atoms. The molecule has 0 aliphatic heterocycles. The minimum absolute atomic E-state index is 0.0807. The summed E-state index contributed by atoms with van der Waals surface area (Å²) >= 11 is 0. The fraction of sp³-hybridized carbons (Fsp3) is 0. The number of rotatable bonds is 3. The molecule has 0 atom stereocenters. The normalized spacial score (nSPS) is 10.1. The summed E-state index contributed by atoms with van der Waals surface area (Å²) in [4.78, 5) is 24.9. The van der Waals surface area contributed by atoms with E-state index in [-0.39, 0.29) is 17.1 Å². The third-order valence-corrected chi connectivity index (χ3v) is 2.49. The zero-order valence-corrected chi connectivity index (χ0v) is 9.81. The Balaban J connectivity index is 2.48. The van der Waals surface area contributed by atoms with E-state index in [9.17, 15) is 14.7 Å². The number of hydrogen-bond donors (Lipinski definition) is 5. The largest absolute Gasteiger partial charge is 0.508 e. The zero-order valence-electron chi connectivity index (χ0n) is 9.81. The molecule has 0 unspecified atom stereocenters. The van der Waals surface area contributed by atoms with E-state index in [1.807, 2.05) is 0 Å². The zero-order chi connectivity index (χ0) is 14.0. The van der Waals surface area contributed by atoms with Crippen LogP contribution in [0.25, 0.3) is 11.3 Å². The lowest BCUT2D eigenvalue weighted by Gasteiger charge is -2.00. The monoisotopic (exact) mass is 260 g/mol. The Morgan fingerprint density at radius 3 is 2.53 bits per heavy atom. The Hall–Kier alpha value is -2.96. The number of nitrogens with two attached hydrogens (primary N) is 2. The Morgan fingerprint density at radius 2 is 1.95 bits per heavy atom. The van der Waals surface area contributed by atoms with E-state index in [0.29, 0.717) is 11.3 Å². The lowest BCUT2D eigenvalue weighted by Crippen LogP contribution is -2.22.